The third-order valence-electron chi connectivity index (χ3n) is 4.17. The molecule has 0 unspecified atom stereocenters. The van der Waals surface area contributed by atoms with Crippen molar-refractivity contribution in [2.75, 3.05) is 25.9 Å². The Morgan fingerprint density at radius 1 is 1.16 bits per heavy atom. The summed E-state index contributed by atoms with van der Waals surface area (Å²) in [5.41, 5.74) is 8.23. The molecule has 0 amide bonds. The van der Waals surface area contributed by atoms with Gasteiger partial charge in [-0.3, -0.25) is 4.90 Å². The zero-order chi connectivity index (χ0) is 13.2. The Labute approximate surface area is 115 Å². The predicted molar refractivity (Wildman–Crippen MR) is 78.1 cm³/mol. The molecule has 2 N–H and O–H groups in total. The van der Waals surface area contributed by atoms with Gasteiger partial charge in [0.25, 0.3) is 0 Å². The van der Waals surface area contributed by atoms with E-state index in [-0.39, 0.29) is 0 Å². The highest BCUT2D eigenvalue weighted by Gasteiger charge is 2.29. The molecule has 3 heteroatoms. The Hall–Kier alpha value is -1.22. The molecule has 0 aliphatic heterocycles. The average molecular weight is 260 g/mol. The molecule has 2 aliphatic carbocycles. The molecule has 0 radical (unpaired) electrons. The first kappa shape index (κ1) is 12.8. The molecule has 2 saturated carbocycles. The lowest BCUT2D eigenvalue weighted by Crippen LogP contribution is -2.28. The molecule has 0 saturated heterocycles. The zero-order valence-electron chi connectivity index (χ0n) is 11.8. The summed E-state index contributed by atoms with van der Waals surface area (Å²) < 4.78 is 5.21. The largest absolute Gasteiger partial charge is 0.497 e. The third kappa shape index (κ3) is 3.63. The van der Waals surface area contributed by atoms with Crippen molar-refractivity contribution in [1.29, 1.82) is 0 Å². The van der Waals surface area contributed by atoms with Crippen LogP contribution in [0, 0.1) is 11.8 Å². The van der Waals surface area contributed by atoms with Gasteiger partial charge in [-0.25, -0.2) is 0 Å². The van der Waals surface area contributed by atoms with Gasteiger partial charge in [-0.15, -0.1) is 0 Å². The average Bonchev–Trinajstić information content (AvgIpc) is 3.27. The number of nitrogen functional groups attached to an aromatic ring is 1. The minimum absolute atomic E-state index is 0.845. The number of ether oxygens (including phenoxy) is 1. The summed E-state index contributed by atoms with van der Waals surface area (Å²) in [4.78, 5) is 2.60. The van der Waals surface area contributed by atoms with Gasteiger partial charge in [0.1, 0.15) is 5.75 Å². The number of benzene rings is 1. The van der Waals surface area contributed by atoms with Gasteiger partial charge < -0.3 is 10.5 Å². The first-order chi connectivity index (χ1) is 9.24. The highest BCUT2D eigenvalue weighted by atomic mass is 16.5. The Kier molecular flexibility index (Phi) is 3.65. The highest BCUT2D eigenvalue weighted by molar-refractivity contribution is 5.51. The van der Waals surface area contributed by atoms with Crippen molar-refractivity contribution < 1.29 is 4.74 Å². The van der Waals surface area contributed by atoms with Gasteiger partial charge in [0.05, 0.1) is 7.11 Å². The SMILES string of the molecule is COc1ccc(CN(CC2CC2)CC2CC2)c(N)c1. The fourth-order valence-electron chi connectivity index (χ4n) is 2.62. The fourth-order valence-corrected chi connectivity index (χ4v) is 2.62. The summed E-state index contributed by atoms with van der Waals surface area (Å²) in [7, 11) is 1.68. The van der Waals surface area contributed by atoms with Crippen molar-refractivity contribution in [3.63, 3.8) is 0 Å². The molecular weight excluding hydrogens is 236 g/mol. The van der Waals surface area contributed by atoms with Gasteiger partial charge >= 0.3 is 0 Å². The maximum absolute atomic E-state index is 6.13. The number of hydrogen-bond acceptors (Lipinski definition) is 3. The number of anilines is 1. The summed E-state index contributed by atoms with van der Waals surface area (Å²) in [6, 6.07) is 6.06. The van der Waals surface area contributed by atoms with Crippen LogP contribution in [0.5, 0.6) is 5.75 Å². The molecule has 1 aromatic rings. The molecule has 0 heterocycles. The quantitative estimate of drug-likeness (QED) is 0.766. The van der Waals surface area contributed by atoms with Gasteiger partial charge in [-0.2, -0.15) is 0 Å². The Balaban J connectivity index is 1.65. The number of rotatable bonds is 7. The summed E-state index contributed by atoms with van der Waals surface area (Å²) >= 11 is 0. The highest BCUT2D eigenvalue weighted by Crippen LogP contribution is 2.34. The van der Waals surface area contributed by atoms with Crippen molar-refractivity contribution in [3.05, 3.63) is 23.8 Å². The lowest BCUT2D eigenvalue weighted by molar-refractivity contribution is 0.244. The minimum Gasteiger partial charge on any atom is -0.497 e. The Morgan fingerprint density at radius 2 is 1.79 bits per heavy atom. The van der Waals surface area contributed by atoms with E-state index in [0.717, 1.165) is 29.8 Å². The van der Waals surface area contributed by atoms with Crippen LogP contribution >= 0.6 is 0 Å². The molecule has 3 rings (SSSR count). The standard InChI is InChI=1S/C16H24N2O/c1-19-15-7-6-14(16(17)8-15)11-18(9-12-2-3-12)10-13-4-5-13/h6-8,12-13H,2-5,9-11,17H2,1H3. The van der Waals surface area contributed by atoms with Crippen molar-refractivity contribution in [1.82, 2.24) is 4.90 Å². The van der Waals surface area contributed by atoms with E-state index in [1.54, 1.807) is 7.11 Å². The second kappa shape index (κ2) is 5.41. The van der Waals surface area contributed by atoms with Gasteiger partial charge in [0.2, 0.25) is 0 Å². The maximum Gasteiger partial charge on any atom is 0.120 e. The second-order valence-corrected chi connectivity index (χ2v) is 6.15. The number of methoxy groups -OCH3 is 1. The van der Waals surface area contributed by atoms with Gasteiger partial charge in [0, 0.05) is 31.4 Å². The molecule has 19 heavy (non-hydrogen) atoms. The molecular formula is C16H24N2O. The summed E-state index contributed by atoms with van der Waals surface area (Å²) in [6.45, 7) is 3.49. The van der Waals surface area contributed by atoms with Gasteiger partial charge in [0.15, 0.2) is 0 Å². The summed E-state index contributed by atoms with van der Waals surface area (Å²) in [5, 5.41) is 0. The monoisotopic (exact) mass is 260 g/mol. The molecule has 0 bridgehead atoms. The molecule has 2 fully saturated rings. The molecule has 2 aliphatic rings. The fraction of sp³-hybridized carbons (Fsp3) is 0.625. The first-order valence-electron chi connectivity index (χ1n) is 7.39. The van der Waals surface area contributed by atoms with E-state index in [4.69, 9.17) is 10.5 Å². The molecule has 0 spiro atoms. The lowest BCUT2D eigenvalue weighted by Gasteiger charge is -2.23. The van der Waals surface area contributed by atoms with E-state index < -0.39 is 0 Å². The van der Waals surface area contributed by atoms with E-state index in [1.165, 1.54) is 44.3 Å². The van der Waals surface area contributed by atoms with E-state index >= 15 is 0 Å². The van der Waals surface area contributed by atoms with Crippen LogP contribution in [0.3, 0.4) is 0 Å². The van der Waals surface area contributed by atoms with Crippen LogP contribution in [-0.4, -0.2) is 25.1 Å². The number of nitrogens with zero attached hydrogens (tertiary/aromatic N) is 1. The van der Waals surface area contributed by atoms with Crippen LogP contribution in [0.15, 0.2) is 18.2 Å². The topological polar surface area (TPSA) is 38.5 Å². The van der Waals surface area contributed by atoms with E-state index in [9.17, 15) is 0 Å². The number of nitrogens with two attached hydrogens (primary N) is 1. The molecule has 3 nitrogen and oxygen atoms in total. The van der Waals surface area contributed by atoms with Gasteiger partial charge in [-0.05, 0) is 49.1 Å². The van der Waals surface area contributed by atoms with E-state index in [0.29, 0.717) is 0 Å². The zero-order valence-corrected chi connectivity index (χ0v) is 11.8. The second-order valence-electron chi connectivity index (χ2n) is 6.15. The van der Waals surface area contributed by atoms with Crippen LogP contribution in [0.25, 0.3) is 0 Å². The Morgan fingerprint density at radius 3 is 2.26 bits per heavy atom. The molecule has 0 atom stereocenters. The summed E-state index contributed by atoms with van der Waals surface area (Å²) in [5.74, 6) is 2.73. The van der Waals surface area contributed by atoms with Crippen LogP contribution in [0.2, 0.25) is 0 Å². The van der Waals surface area contributed by atoms with E-state index in [1.807, 2.05) is 12.1 Å². The predicted octanol–water partition coefficient (Wildman–Crippen LogP) is 2.90. The third-order valence-corrected chi connectivity index (χ3v) is 4.17. The van der Waals surface area contributed by atoms with Crippen LogP contribution in [0.1, 0.15) is 31.2 Å². The van der Waals surface area contributed by atoms with Crippen molar-refractivity contribution in [2.45, 2.75) is 32.2 Å². The van der Waals surface area contributed by atoms with Crippen LogP contribution in [-0.2, 0) is 6.54 Å². The maximum atomic E-state index is 6.13. The Bertz CT molecular complexity index is 424. The smallest absolute Gasteiger partial charge is 0.120 e. The van der Waals surface area contributed by atoms with Gasteiger partial charge in [-0.1, -0.05) is 6.07 Å². The first-order valence-corrected chi connectivity index (χ1v) is 7.39. The van der Waals surface area contributed by atoms with Crippen LogP contribution in [0.4, 0.5) is 5.69 Å². The van der Waals surface area contributed by atoms with Crippen molar-refractivity contribution >= 4 is 5.69 Å². The minimum atomic E-state index is 0.845. The summed E-state index contributed by atoms with van der Waals surface area (Å²) in [6.07, 6.45) is 5.66. The lowest BCUT2D eigenvalue weighted by atomic mass is 10.1. The van der Waals surface area contributed by atoms with Crippen molar-refractivity contribution in [3.8, 4) is 5.75 Å². The normalized spacial score (nSPS) is 18.8. The van der Waals surface area contributed by atoms with Crippen LogP contribution < -0.4 is 10.5 Å². The molecule has 0 aromatic heterocycles. The molecule has 104 valence electrons. The van der Waals surface area contributed by atoms with Crippen molar-refractivity contribution in [2.24, 2.45) is 11.8 Å². The molecule has 1 aromatic carbocycles. The number of hydrogen-bond donors (Lipinski definition) is 1. The van der Waals surface area contributed by atoms with E-state index in [2.05, 4.69) is 11.0 Å².